The Kier molecular flexibility index (Phi) is 7.24. The number of nitrogens with one attached hydrogen (secondary N) is 1. The lowest BCUT2D eigenvalue weighted by Gasteiger charge is -2.15. The van der Waals surface area contributed by atoms with Gasteiger partial charge in [0.1, 0.15) is 11.8 Å². The number of fused-ring (bicyclic) bond motifs is 1. The van der Waals surface area contributed by atoms with Gasteiger partial charge in [-0.1, -0.05) is 43.0 Å². The molecule has 7 heteroatoms. The van der Waals surface area contributed by atoms with Crippen molar-refractivity contribution in [1.82, 2.24) is 5.32 Å². The third kappa shape index (κ3) is 5.72. The molecule has 2 unspecified atom stereocenters. The molecule has 0 fully saturated rings. The number of thioether (sulfide) groups is 1. The fourth-order valence-corrected chi connectivity index (χ4v) is 3.65. The van der Waals surface area contributed by atoms with Crippen LogP contribution in [-0.2, 0) is 14.4 Å². The van der Waals surface area contributed by atoms with Gasteiger partial charge >= 0.3 is 0 Å². The molecule has 6 nitrogen and oxygen atoms in total. The van der Waals surface area contributed by atoms with Crippen molar-refractivity contribution in [3.8, 4) is 5.75 Å². The molecule has 0 aliphatic heterocycles. The topological polar surface area (TPSA) is 98.5 Å². The molecule has 0 saturated carbocycles. The van der Waals surface area contributed by atoms with Crippen molar-refractivity contribution in [2.75, 3.05) is 12.9 Å². The zero-order valence-electron chi connectivity index (χ0n) is 15.7. The van der Waals surface area contributed by atoms with Crippen molar-refractivity contribution in [2.45, 2.75) is 32.2 Å². The number of amides is 2. The molecule has 3 N–H and O–H groups in total. The van der Waals surface area contributed by atoms with E-state index in [1.54, 1.807) is 7.11 Å². The molecule has 0 spiro atoms. The summed E-state index contributed by atoms with van der Waals surface area (Å²) in [6.07, 6.45) is 0.315. The van der Waals surface area contributed by atoms with Gasteiger partial charge in [0.25, 0.3) is 0 Å². The van der Waals surface area contributed by atoms with Crippen LogP contribution in [0, 0.1) is 0 Å². The predicted molar refractivity (Wildman–Crippen MR) is 108 cm³/mol. The molecule has 2 rings (SSSR count). The average molecular weight is 388 g/mol. The molecule has 144 valence electrons. The lowest BCUT2D eigenvalue weighted by Crippen LogP contribution is -2.43. The third-order valence-electron chi connectivity index (χ3n) is 4.30. The van der Waals surface area contributed by atoms with E-state index in [9.17, 15) is 14.4 Å². The summed E-state index contributed by atoms with van der Waals surface area (Å²) < 4.78 is 5.23. The number of ether oxygens (including phenoxy) is 1. The van der Waals surface area contributed by atoms with E-state index in [-0.39, 0.29) is 16.9 Å². The van der Waals surface area contributed by atoms with Crippen molar-refractivity contribution in [3.05, 3.63) is 42.0 Å². The first-order chi connectivity index (χ1) is 12.8. The third-order valence-corrected chi connectivity index (χ3v) is 5.37. The minimum Gasteiger partial charge on any atom is -0.497 e. The second-order valence-corrected chi connectivity index (χ2v) is 7.41. The van der Waals surface area contributed by atoms with Gasteiger partial charge in [-0.2, -0.15) is 0 Å². The number of rotatable bonds is 8. The molecule has 0 saturated heterocycles. The van der Waals surface area contributed by atoms with Gasteiger partial charge in [0.15, 0.2) is 5.12 Å². The number of methoxy groups -OCH3 is 1. The minimum atomic E-state index is -0.756. The highest BCUT2D eigenvalue weighted by molar-refractivity contribution is 8.13. The van der Waals surface area contributed by atoms with Crippen LogP contribution in [0.1, 0.15) is 31.7 Å². The van der Waals surface area contributed by atoms with E-state index in [4.69, 9.17) is 10.5 Å². The first-order valence-electron chi connectivity index (χ1n) is 8.62. The Hall–Kier alpha value is -2.54. The van der Waals surface area contributed by atoms with E-state index in [1.165, 1.54) is 6.92 Å². The Balaban J connectivity index is 1.99. The van der Waals surface area contributed by atoms with Crippen LogP contribution in [0.5, 0.6) is 5.75 Å². The molecular weight excluding hydrogens is 364 g/mol. The number of carbonyl (C=O) groups is 3. The molecule has 0 aromatic heterocycles. The lowest BCUT2D eigenvalue weighted by atomic mass is 9.99. The van der Waals surface area contributed by atoms with Gasteiger partial charge in [-0.25, -0.2) is 0 Å². The number of hydrogen-bond donors (Lipinski definition) is 2. The predicted octanol–water partition coefficient (Wildman–Crippen LogP) is 2.59. The molecule has 0 aliphatic rings. The summed E-state index contributed by atoms with van der Waals surface area (Å²) in [5, 5.41) is 4.59. The Morgan fingerprint density at radius 1 is 1.15 bits per heavy atom. The Morgan fingerprint density at radius 3 is 2.44 bits per heavy atom. The van der Waals surface area contributed by atoms with Gasteiger partial charge < -0.3 is 15.8 Å². The summed E-state index contributed by atoms with van der Waals surface area (Å²) in [5.41, 5.74) is 6.20. The molecule has 0 heterocycles. The van der Waals surface area contributed by atoms with Crippen LogP contribution >= 0.6 is 11.8 Å². The number of carbonyl (C=O) groups excluding carboxylic acids is 3. The van der Waals surface area contributed by atoms with Crippen molar-refractivity contribution in [1.29, 1.82) is 0 Å². The van der Waals surface area contributed by atoms with E-state index in [0.29, 0.717) is 12.2 Å². The van der Waals surface area contributed by atoms with E-state index >= 15 is 0 Å². The van der Waals surface area contributed by atoms with Crippen molar-refractivity contribution < 1.29 is 19.1 Å². The van der Waals surface area contributed by atoms with Gasteiger partial charge in [-0.3, -0.25) is 14.4 Å². The van der Waals surface area contributed by atoms with E-state index in [2.05, 4.69) is 5.32 Å². The molecule has 0 bridgehead atoms. The standard InChI is InChI=1S/C20H24N2O4S/c1-12(20(25)27-9-8-18(19(21)24)22-13(2)23)14-4-5-16-11-17(26-3)7-6-15(16)10-14/h4-7,10-12,18H,8-9H2,1-3H3,(H2,21,24)(H,22,23). The molecule has 2 aromatic carbocycles. The summed E-state index contributed by atoms with van der Waals surface area (Å²) in [5.74, 6) is -0.0121. The zero-order valence-corrected chi connectivity index (χ0v) is 16.5. The normalized spacial score (nSPS) is 13.0. The summed E-state index contributed by atoms with van der Waals surface area (Å²) in [4.78, 5) is 34.9. The fourth-order valence-electron chi connectivity index (χ4n) is 2.71. The van der Waals surface area contributed by atoms with Crippen LogP contribution < -0.4 is 15.8 Å². The summed E-state index contributed by atoms with van der Waals surface area (Å²) >= 11 is 1.15. The highest BCUT2D eigenvalue weighted by atomic mass is 32.2. The molecule has 2 atom stereocenters. The Labute approximate surface area is 162 Å². The monoisotopic (exact) mass is 388 g/mol. The Morgan fingerprint density at radius 2 is 1.81 bits per heavy atom. The van der Waals surface area contributed by atoms with Crippen LogP contribution in [-0.4, -0.2) is 35.8 Å². The number of nitrogens with two attached hydrogens (primary N) is 1. The van der Waals surface area contributed by atoms with Crippen LogP contribution in [0.3, 0.4) is 0 Å². The summed E-state index contributed by atoms with van der Waals surface area (Å²) in [7, 11) is 1.63. The quantitative estimate of drug-likeness (QED) is 0.724. The fraction of sp³-hybridized carbons (Fsp3) is 0.350. The van der Waals surface area contributed by atoms with Gasteiger partial charge in [0.2, 0.25) is 11.8 Å². The first-order valence-corrected chi connectivity index (χ1v) is 9.61. The Bertz CT molecular complexity index is 853. The highest BCUT2D eigenvalue weighted by Gasteiger charge is 2.20. The van der Waals surface area contributed by atoms with Gasteiger partial charge in [-0.15, -0.1) is 0 Å². The van der Waals surface area contributed by atoms with Crippen molar-refractivity contribution in [3.63, 3.8) is 0 Å². The molecule has 2 aromatic rings. The van der Waals surface area contributed by atoms with E-state index in [0.717, 1.165) is 33.8 Å². The molecule has 0 aliphatic carbocycles. The van der Waals surface area contributed by atoms with Crippen LogP contribution in [0.15, 0.2) is 36.4 Å². The summed E-state index contributed by atoms with van der Waals surface area (Å²) in [6.45, 7) is 3.19. The SMILES string of the molecule is COc1ccc2cc(C(C)C(=O)SCCC(NC(C)=O)C(N)=O)ccc2c1. The number of primary amides is 1. The number of hydrogen-bond acceptors (Lipinski definition) is 5. The van der Waals surface area contributed by atoms with E-state index in [1.807, 2.05) is 43.3 Å². The van der Waals surface area contributed by atoms with Gasteiger partial charge in [0.05, 0.1) is 13.0 Å². The molecule has 27 heavy (non-hydrogen) atoms. The van der Waals surface area contributed by atoms with Crippen molar-refractivity contribution in [2.24, 2.45) is 5.73 Å². The lowest BCUT2D eigenvalue weighted by molar-refractivity contribution is -0.126. The second-order valence-electron chi connectivity index (χ2n) is 6.31. The van der Waals surface area contributed by atoms with Gasteiger partial charge in [-0.05, 0) is 34.9 Å². The second kappa shape index (κ2) is 9.41. The van der Waals surface area contributed by atoms with Crippen LogP contribution in [0.25, 0.3) is 10.8 Å². The van der Waals surface area contributed by atoms with Crippen molar-refractivity contribution >= 4 is 39.5 Å². The van der Waals surface area contributed by atoms with Crippen LogP contribution in [0.4, 0.5) is 0 Å². The molecule has 0 radical (unpaired) electrons. The maximum Gasteiger partial charge on any atom is 0.240 e. The largest absolute Gasteiger partial charge is 0.497 e. The zero-order chi connectivity index (χ0) is 20.0. The van der Waals surface area contributed by atoms with E-state index < -0.39 is 11.9 Å². The number of benzene rings is 2. The maximum absolute atomic E-state index is 12.5. The molecular formula is C20H24N2O4S. The van der Waals surface area contributed by atoms with Gasteiger partial charge in [0, 0.05) is 12.7 Å². The smallest absolute Gasteiger partial charge is 0.240 e. The van der Waals surface area contributed by atoms with Crippen LogP contribution in [0.2, 0.25) is 0 Å². The average Bonchev–Trinajstić information content (AvgIpc) is 2.65. The first kappa shape index (κ1) is 20.8. The maximum atomic E-state index is 12.5. The minimum absolute atomic E-state index is 0.00825. The summed E-state index contributed by atoms with van der Waals surface area (Å²) in [6, 6.07) is 11.0. The highest BCUT2D eigenvalue weighted by Crippen LogP contribution is 2.28. The molecule has 2 amide bonds.